The Morgan fingerprint density at radius 2 is 2.45 bits per heavy atom. The molecular formula is C8H12N2O. The molecule has 1 fully saturated rings. The van der Waals surface area contributed by atoms with Crippen LogP contribution >= 0.6 is 0 Å². The number of amides is 1. The molecule has 0 aromatic carbocycles. The molecule has 0 aliphatic heterocycles. The Morgan fingerprint density at radius 3 is 2.91 bits per heavy atom. The summed E-state index contributed by atoms with van der Waals surface area (Å²) in [6.45, 7) is 0.508. The van der Waals surface area contributed by atoms with Crippen LogP contribution in [0.15, 0.2) is 0 Å². The Bertz CT molecular complexity index is 191. The van der Waals surface area contributed by atoms with Crippen LogP contribution in [-0.4, -0.2) is 18.5 Å². The van der Waals surface area contributed by atoms with Gasteiger partial charge in [-0.05, 0) is 24.7 Å². The highest BCUT2D eigenvalue weighted by atomic mass is 16.1. The van der Waals surface area contributed by atoms with E-state index in [1.807, 2.05) is 5.92 Å². The third kappa shape index (κ3) is 2.60. The molecule has 1 aliphatic rings. The maximum Gasteiger partial charge on any atom is 0.295 e. The van der Waals surface area contributed by atoms with Gasteiger partial charge in [0.05, 0.1) is 0 Å². The van der Waals surface area contributed by atoms with Gasteiger partial charge < -0.3 is 11.1 Å². The third-order valence-electron chi connectivity index (χ3n) is 1.86. The summed E-state index contributed by atoms with van der Waals surface area (Å²) in [6.07, 6.45) is 7.22. The first-order valence-electron chi connectivity index (χ1n) is 3.74. The van der Waals surface area contributed by atoms with E-state index in [0.717, 1.165) is 0 Å². The Hall–Kier alpha value is -1.01. The topological polar surface area (TPSA) is 55.1 Å². The van der Waals surface area contributed by atoms with E-state index in [0.29, 0.717) is 12.5 Å². The van der Waals surface area contributed by atoms with Crippen LogP contribution in [0.5, 0.6) is 0 Å². The third-order valence-corrected chi connectivity index (χ3v) is 1.86. The highest BCUT2D eigenvalue weighted by molar-refractivity contribution is 5.92. The number of rotatable bonds is 3. The van der Waals surface area contributed by atoms with Gasteiger partial charge in [-0.15, -0.1) is 6.42 Å². The number of terminal acetylenes is 1. The van der Waals surface area contributed by atoms with E-state index in [2.05, 4.69) is 5.32 Å². The van der Waals surface area contributed by atoms with Crippen LogP contribution in [0.1, 0.15) is 12.8 Å². The van der Waals surface area contributed by atoms with Gasteiger partial charge in [0.2, 0.25) is 0 Å². The van der Waals surface area contributed by atoms with E-state index in [1.54, 1.807) is 0 Å². The zero-order valence-electron chi connectivity index (χ0n) is 6.34. The van der Waals surface area contributed by atoms with Gasteiger partial charge >= 0.3 is 0 Å². The van der Waals surface area contributed by atoms with E-state index in [4.69, 9.17) is 12.2 Å². The Labute approximate surface area is 66.3 Å². The minimum absolute atomic E-state index is 0.0901. The highest BCUT2D eigenvalue weighted by Crippen LogP contribution is 2.31. The zero-order chi connectivity index (χ0) is 8.27. The van der Waals surface area contributed by atoms with Gasteiger partial charge in [-0.2, -0.15) is 0 Å². The fourth-order valence-electron chi connectivity index (χ4n) is 0.953. The Kier molecular flexibility index (Phi) is 2.50. The van der Waals surface area contributed by atoms with E-state index in [1.165, 1.54) is 12.8 Å². The van der Waals surface area contributed by atoms with Crippen molar-refractivity contribution in [2.75, 3.05) is 6.54 Å². The van der Waals surface area contributed by atoms with Gasteiger partial charge in [0.1, 0.15) is 0 Å². The molecule has 11 heavy (non-hydrogen) atoms. The lowest BCUT2D eigenvalue weighted by molar-refractivity contribution is -0.115. The van der Waals surface area contributed by atoms with Crippen molar-refractivity contribution in [3.05, 3.63) is 0 Å². The second-order valence-electron chi connectivity index (χ2n) is 2.86. The fraction of sp³-hybridized carbons (Fsp3) is 0.625. The lowest BCUT2D eigenvalue weighted by atomic mass is 10.2. The van der Waals surface area contributed by atoms with Crippen LogP contribution in [-0.2, 0) is 4.79 Å². The molecule has 1 amide bonds. The average Bonchev–Trinajstić information content (AvgIpc) is 2.81. The van der Waals surface area contributed by atoms with Gasteiger partial charge in [0.15, 0.2) is 0 Å². The molecule has 1 aliphatic carbocycles. The maximum atomic E-state index is 10.6. The SMILES string of the molecule is C#CC(=O)NCC(N)C1CC1. The van der Waals surface area contributed by atoms with E-state index in [9.17, 15) is 4.79 Å². The summed E-state index contributed by atoms with van der Waals surface area (Å²) in [6, 6.07) is 0.0901. The molecule has 1 atom stereocenters. The normalized spacial score (nSPS) is 18.5. The quantitative estimate of drug-likeness (QED) is 0.534. The molecule has 0 radical (unpaired) electrons. The molecule has 0 spiro atoms. The lowest BCUT2D eigenvalue weighted by Gasteiger charge is -2.08. The average molecular weight is 152 g/mol. The van der Waals surface area contributed by atoms with Crippen LogP contribution < -0.4 is 11.1 Å². The summed E-state index contributed by atoms with van der Waals surface area (Å²) in [5.41, 5.74) is 5.70. The van der Waals surface area contributed by atoms with E-state index < -0.39 is 0 Å². The van der Waals surface area contributed by atoms with Crippen molar-refractivity contribution in [3.8, 4) is 12.3 Å². The number of nitrogens with two attached hydrogens (primary N) is 1. The molecule has 3 N–H and O–H groups in total. The fourth-order valence-corrected chi connectivity index (χ4v) is 0.953. The molecule has 1 saturated carbocycles. The van der Waals surface area contributed by atoms with Crippen molar-refractivity contribution >= 4 is 5.91 Å². The van der Waals surface area contributed by atoms with E-state index in [-0.39, 0.29) is 11.9 Å². The summed E-state index contributed by atoms with van der Waals surface area (Å²) in [5.74, 6) is 2.20. The van der Waals surface area contributed by atoms with Gasteiger partial charge in [-0.25, -0.2) is 0 Å². The smallest absolute Gasteiger partial charge is 0.295 e. The number of carbonyl (C=O) groups is 1. The molecule has 1 unspecified atom stereocenters. The molecule has 3 heteroatoms. The van der Waals surface area contributed by atoms with Gasteiger partial charge in [-0.3, -0.25) is 4.79 Å². The first-order valence-corrected chi connectivity index (χ1v) is 3.74. The van der Waals surface area contributed by atoms with Crippen molar-refractivity contribution < 1.29 is 4.79 Å². The van der Waals surface area contributed by atoms with Gasteiger partial charge in [0.25, 0.3) is 5.91 Å². The minimum Gasteiger partial charge on any atom is -0.344 e. The predicted molar refractivity (Wildman–Crippen MR) is 42.5 cm³/mol. The number of hydrogen-bond acceptors (Lipinski definition) is 2. The largest absolute Gasteiger partial charge is 0.344 e. The lowest BCUT2D eigenvalue weighted by Crippen LogP contribution is -2.37. The van der Waals surface area contributed by atoms with Crippen molar-refractivity contribution in [3.63, 3.8) is 0 Å². The maximum absolute atomic E-state index is 10.6. The summed E-state index contributed by atoms with van der Waals surface area (Å²) < 4.78 is 0. The predicted octanol–water partition coefficient (Wildman–Crippen LogP) is -0.527. The van der Waals surface area contributed by atoms with Crippen molar-refractivity contribution in [2.45, 2.75) is 18.9 Å². The van der Waals surface area contributed by atoms with Crippen LogP contribution in [0.3, 0.4) is 0 Å². The van der Waals surface area contributed by atoms with Gasteiger partial charge in [0, 0.05) is 12.6 Å². The molecular weight excluding hydrogens is 140 g/mol. The first-order chi connectivity index (χ1) is 5.24. The summed E-state index contributed by atoms with van der Waals surface area (Å²) in [5, 5.41) is 2.55. The second-order valence-corrected chi connectivity index (χ2v) is 2.86. The summed E-state index contributed by atoms with van der Waals surface area (Å²) in [4.78, 5) is 10.6. The number of nitrogens with one attached hydrogen (secondary N) is 1. The standard InChI is InChI=1S/C8H12N2O/c1-2-8(11)10-5-7(9)6-3-4-6/h1,6-7H,3-5,9H2,(H,10,11). The molecule has 60 valence electrons. The first kappa shape index (κ1) is 8.09. The molecule has 0 saturated heterocycles. The van der Waals surface area contributed by atoms with Crippen molar-refractivity contribution in [2.24, 2.45) is 11.7 Å². The molecule has 1 rings (SSSR count). The van der Waals surface area contributed by atoms with Crippen molar-refractivity contribution in [1.29, 1.82) is 0 Å². The van der Waals surface area contributed by atoms with Crippen LogP contribution in [0.2, 0.25) is 0 Å². The molecule has 0 aromatic rings. The number of carbonyl (C=O) groups excluding carboxylic acids is 1. The van der Waals surface area contributed by atoms with Gasteiger partial charge in [-0.1, -0.05) is 0 Å². The van der Waals surface area contributed by atoms with Crippen LogP contribution in [0.4, 0.5) is 0 Å². The summed E-state index contributed by atoms with van der Waals surface area (Å²) >= 11 is 0. The summed E-state index contributed by atoms with van der Waals surface area (Å²) in [7, 11) is 0. The zero-order valence-corrected chi connectivity index (χ0v) is 6.34. The molecule has 0 bridgehead atoms. The van der Waals surface area contributed by atoms with Crippen LogP contribution in [0, 0.1) is 18.3 Å². The Balaban J connectivity index is 2.11. The molecule has 0 heterocycles. The van der Waals surface area contributed by atoms with Crippen molar-refractivity contribution in [1.82, 2.24) is 5.32 Å². The molecule has 0 aromatic heterocycles. The molecule has 3 nitrogen and oxygen atoms in total. The monoisotopic (exact) mass is 152 g/mol. The minimum atomic E-state index is -0.374. The van der Waals surface area contributed by atoms with Crippen LogP contribution in [0.25, 0.3) is 0 Å². The Morgan fingerprint density at radius 1 is 1.82 bits per heavy atom. The second kappa shape index (κ2) is 3.40. The number of hydrogen-bond donors (Lipinski definition) is 2. The van der Waals surface area contributed by atoms with E-state index >= 15 is 0 Å². The highest BCUT2D eigenvalue weighted by Gasteiger charge is 2.28.